The molecule has 0 radical (unpaired) electrons. The molecule has 1 rings (SSSR count). The molecule has 4 atom stereocenters. The minimum Gasteiger partial charge on any atom is -0.303 e. The summed E-state index contributed by atoms with van der Waals surface area (Å²) in [5, 5.41) is 0. The van der Waals surface area contributed by atoms with Crippen LogP contribution in [0.5, 0.6) is 0 Å². The number of aldehydes is 4. The highest BCUT2D eigenvalue weighted by Gasteiger charge is 2.42. The largest absolute Gasteiger partial charge is 0.303 e. The fourth-order valence-corrected chi connectivity index (χ4v) is 2.20. The summed E-state index contributed by atoms with van der Waals surface area (Å²) in [5.74, 6) is -1.47. The Bertz CT molecular complexity index is 249. The van der Waals surface area contributed by atoms with Crippen LogP contribution in [0.3, 0.4) is 0 Å². The Balaban J connectivity index is 2.84. The van der Waals surface area contributed by atoms with Gasteiger partial charge in [0.25, 0.3) is 0 Å². The first-order chi connectivity index (χ1) is 6.78. The third-order valence-electron chi connectivity index (χ3n) is 2.96. The molecule has 0 heterocycles. The van der Waals surface area contributed by atoms with E-state index in [9.17, 15) is 19.2 Å². The Morgan fingerprint density at radius 1 is 0.929 bits per heavy atom. The van der Waals surface area contributed by atoms with Crippen LogP contribution in [0.4, 0.5) is 0 Å². The van der Waals surface area contributed by atoms with Crippen molar-refractivity contribution >= 4 is 25.1 Å². The molecule has 4 unspecified atom stereocenters. The molecule has 0 aromatic heterocycles. The molecule has 1 saturated carbocycles. The third kappa shape index (κ3) is 1.78. The lowest BCUT2D eigenvalue weighted by Crippen LogP contribution is -2.20. The van der Waals surface area contributed by atoms with Gasteiger partial charge in [-0.3, -0.25) is 0 Å². The molecule has 1 fully saturated rings. The van der Waals surface area contributed by atoms with Crippen molar-refractivity contribution in [3.8, 4) is 0 Å². The van der Waals surface area contributed by atoms with E-state index < -0.39 is 11.8 Å². The fourth-order valence-electron chi connectivity index (χ4n) is 2.20. The van der Waals surface area contributed by atoms with E-state index in [0.717, 1.165) is 6.29 Å². The van der Waals surface area contributed by atoms with Gasteiger partial charge in [0.05, 0.1) is 0 Å². The molecular weight excluding hydrogens is 184 g/mol. The Hall–Kier alpha value is -1.32. The Kier molecular flexibility index (Phi) is 3.68. The average Bonchev–Trinajstić information content (AvgIpc) is 2.56. The van der Waals surface area contributed by atoms with E-state index in [4.69, 9.17) is 0 Å². The van der Waals surface area contributed by atoms with Crippen LogP contribution in [0, 0.1) is 23.7 Å². The number of hydrogen-bond donors (Lipinski definition) is 0. The highest BCUT2D eigenvalue weighted by atomic mass is 16.1. The average molecular weight is 196 g/mol. The van der Waals surface area contributed by atoms with E-state index in [1.54, 1.807) is 0 Å². The number of rotatable bonds is 5. The molecule has 4 nitrogen and oxygen atoms in total. The van der Waals surface area contributed by atoms with Crippen LogP contribution in [0.2, 0.25) is 0 Å². The van der Waals surface area contributed by atoms with Gasteiger partial charge in [-0.25, -0.2) is 0 Å². The van der Waals surface area contributed by atoms with Crippen molar-refractivity contribution in [2.24, 2.45) is 23.7 Å². The monoisotopic (exact) mass is 196 g/mol. The molecular formula is C10H12O4. The Labute approximate surface area is 81.7 Å². The predicted octanol–water partition coefficient (Wildman–Crippen LogP) is 0.0406. The van der Waals surface area contributed by atoms with E-state index in [-0.39, 0.29) is 18.3 Å². The van der Waals surface area contributed by atoms with Gasteiger partial charge in [0.15, 0.2) is 0 Å². The van der Waals surface area contributed by atoms with Gasteiger partial charge in [-0.15, -0.1) is 0 Å². The van der Waals surface area contributed by atoms with E-state index in [2.05, 4.69) is 0 Å². The highest BCUT2D eigenvalue weighted by molar-refractivity contribution is 5.71. The lowest BCUT2D eigenvalue weighted by atomic mass is 9.87. The first kappa shape index (κ1) is 10.8. The predicted molar refractivity (Wildman–Crippen MR) is 47.5 cm³/mol. The van der Waals surface area contributed by atoms with Gasteiger partial charge in [-0.05, 0) is 12.3 Å². The SMILES string of the molecule is O=CCC1C(C=O)CC(C=O)C1C=O. The number of hydrogen-bond acceptors (Lipinski definition) is 4. The zero-order chi connectivity index (χ0) is 10.6. The lowest BCUT2D eigenvalue weighted by molar-refractivity contribution is -0.120. The maximum atomic E-state index is 10.7. The summed E-state index contributed by atoms with van der Waals surface area (Å²) >= 11 is 0. The number of carbonyl (C=O) groups excluding carboxylic acids is 4. The van der Waals surface area contributed by atoms with Gasteiger partial charge in [0, 0.05) is 24.2 Å². The summed E-state index contributed by atoms with van der Waals surface area (Å²) in [6.07, 6.45) is 3.42. The van der Waals surface area contributed by atoms with Gasteiger partial charge < -0.3 is 19.2 Å². The second-order valence-corrected chi connectivity index (χ2v) is 3.62. The molecule has 0 spiro atoms. The molecule has 1 aliphatic rings. The molecule has 0 aromatic carbocycles. The van der Waals surface area contributed by atoms with E-state index in [1.165, 1.54) is 0 Å². The third-order valence-corrected chi connectivity index (χ3v) is 2.96. The number of carbonyl (C=O) groups is 4. The smallest absolute Gasteiger partial charge is 0.124 e. The first-order valence-corrected chi connectivity index (χ1v) is 4.58. The van der Waals surface area contributed by atoms with E-state index >= 15 is 0 Å². The molecule has 4 heteroatoms. The molecule has 76 valence electrons. The normalized spacial score (nSPS) is 36.3. The van der Waals surface area contributed by atoms with Crippen molar-refractivity contribution in [3.05, 3.63) is 0 Å². The van der Waals surface area contributed by atoms with Crippen LogP contribution in [0.15, 0.2) is 0 Å². The molecule has 0 aliphatic heterocycles. The van der Waals surface area contributed by atoms with Crippen molar-refractivity contribution in [2.75, 3.05) is 0 Å². The molecule has 0 amide bonds. The lowest BCUT2D eigenvalue weighted by Gasteiger charge is -2.15. The maximum Gasteiger partial charge on any atom is 0.124 e. The molecule has 0 N–H and O–H groups in total. The topological polar surface area (TPSA) is 68.3 Å². The molecule has 0 bridgehead atoms. The van der Waals surface area contributed by atoms with Gasteiger partial charge >= 0.3 is 0 Å². The quantitative estimate of drug-likeness (QED) is 0.582. The molecule has 14 heavy (non-hydrogen) atoms. The molecule has 0 aromatic rings. The Morgan fingerprint density at radius 2 is 1.57 bits per heavy atom. The highest BCUT2D eigenvalue weighted by Crippen LogP contribution is 2.40. The van der Waals surface area contributed by atoms with Crippen LogP contribution in [0.1, 0.15) is 12.8 Å². The van der Waals surface area contributed by atoms with Crippen molar-refractivity contribution in [1.29, 1.82) is 0 Å². The first-order valence-electron chi connectivity index (χ1n) is 4.58. The fraction of sp³-hybridized carbons (Fsp3) is 0.600. The van der Waals surface area contributed by atoms with Gasteiger partial charge in [0.2, 0.25) is 0 Å². The zero-order valence-corrected chi connectivity index (χ0v) is 7.67. The summed E-state index contributed by atoms with van der Waals surface area (Å²) < 4.78 is 0. The van der Waals surface area contributed by atoms with Gasteiger partial charge in [-0.1, -0.05) is 0 Å². The minimum atomic E-state index is -0.465. The standard InChI is InChI=1S/C10H12O4/c11-2-1-9-7(4-12)3-8(5-13)10(9)6-14/h2,4-10H,1,3H2. The zero-order valence-electron chi connectivity index (χ0n) is 7.67. The van der Waals surface area contributed by atoms with Crippen LogP contribution in [-0.2, 0) is 19.2 Å². The van der Waals surface area contributed by atoms with Crippen LogP contribution >= 0.6 is 0 Å². The summed E-state index contributed by atoms with van der Waals surface area (Å²) in [5.41, 5.74) is 0. The second kappa shape index (κ2) is 4.79. The van der Waals surface area contributed by atoms with Crippen molar-refractivity contribution in [1.82, 2.24) is 0 Å². The Morgan fingerprint density at radius 3 is 2.00 bits per heavy atom. The van der Waals surface area contributed by atoms with Crippen LogP contribution in [0.25, 0.3) is 0 Å². The second-order valence-electron chi connectivity index (χ2n) is 3.62. The van der Waals surface area contributed by atoms with Gasteiger partial charge in [-0.2, -0.15) is 0 Å². The summed E-state index contributed by atoms with van der Waals surface area (Å²) in [7, 11) is 0. The summed E-state index contributed by atoms with van der Waals surface area (Å²) in [4.78, 5) is 42.4. The molecule has 0 saturated heterocycles. The van der Waals surface area contributed by atoms with Crippen molar-refractivity contribution in [2.45, 2.75) is 12.8 Å². The van der Waals surface area contributed by atoms with E-state index in [0.29, 0.717) is 25.3 Å². The van der Waals surface area contributed by atoms with Crippen molar-refractivity contribution in [3.63, 3.8) is 0 Å². The summed E-state index contributed by atoms with van der Waals surface area (Å²) in [6, 6.07) is 0. The van der Waals surface area contributed by atoms with E-state index in [1.807, 2.05) is 0 Å². The van der Waals surface area contributed by atoms with Gasteiger partial charge in [0.1, 0.15) is 25.1 Å². The molecule has 1 aliphatic carbocycles. The summed E-state index contributed by atoms with van der Waals surface area (Å²) in [6.45, 7) is 0. The maximum absolute atomic E-state index is 10.7. The van der Waals surface area contributed by atoms with Crippen molar-refractivity contribution < 1.29 is 19.2 Å². The minimum absolute atomic E-state index is 0.178. The van der Waals surface area contributed by atoms with Crippen LogP contribution < -0.4 is 0 Å². The van der Waals surface area contributed by atoms with Crippen LogP contribution in [-0.4, -0.2) is 25.1 Å².